The molecule has 1 heterocycles. The zero-order valence-electron chi connectivity index (χ0n) is 7.12. The van der Waals surface area contributed by atoms with Gasteiger partial charge in [-0.15, -0.1) is 0 Å². The largest absolute Gasteiger partial charge is 0.356 e. The molecule has 0 spiro atoms. The van der Waals surface area contributed by atoms with Crippen LogP contribution in [0.3, 0.4) is 0 Å². The maximum absolute atomic E-state index is 5.12. The minimum Gasteiger partial charge on any atom is -0.356 e. The van der Waals surface area contributed by atoms with Gasteiger partial charge in [0.25, 0.3) is 0 Å². The molecule has 0 saturated carbocycles. The fourth-order valence-electron chi connectivity index (χ4n) is 1.17. The van der Waals surface area contributed by atoms with Crippen molar-refractivity contribution in [2.75, 3.05) is 0 Å². The van der Waals surface area contributed by atoms with Crippen molar-refractivity contribution in [1.82, 2.24) is 5.16 Å². The van der Waals surface area contributed by atoms with Gasteiger partial charge in [-0.1, -0.05) is 33.2 Å². The molecule has 0 radical (unpaired) electrons. The van der Waals surface area contributed by atoms with E-state index < -0.39 is 0 Å². The second kappa shape index (κ2) is 3.34. The first-order chi connectivity index (χ1) is 6.27. The van der Waals surface area contributed by atoms with Crippen molar-refractivity contribution in [2.45, 2.75) is 6.92 Å². The number of benzene rings is 1. The van der Waals surface area contributed by atoms with E-state index in [4.69, 9.17) is 4.52 Å². The highest BCUT2D eigenvalue weighted by atomic mass is 79.9. The summed E-state index contributed by atoms with van der Waals surface area (Å²) in [6, 6.07) is 7.96. The van der Waals surface area contributed by atoms with Crippen molar-refractivity contribution >= 4 is 15.9 Å². The van der Waals surface area contributed by atoms with Gasteiger partial charge in [0.2, 0.25) is 0 Å². The molecule has 2 nitrogen and oxygen atoms in total. The number of aryl methyl sites for hydroxylation is 1. The molecular weight excluding hydrogens is 230 g/mol. The molecule has 0 aliphatic rings. The second-order valence-electron chi connectivity index (χ2n) is 2.84. The fourth-order valence-corrected chi connectivity index (χ4v) is 1.43. The Hall–Kier alpha value is -1.09. The first kappa shape index (κ1) is 8.51. The van der Waals surface area contributed by atoms with Crippen molar-refractivity contribution in [3.8, 4) is 11.3 Å². The van der Waals surface area contributed by atoms with Crippen LogP contribution in [0.15, 0.2) is 39.5 Å². The van der Waals surface area contributed by atoms with Crippen LogP contribution in [0.2, 0.25) is 0 Å². The first-order valence-electron chi connectivity index (χ1n) is 3.94. The van der Waals surface area contributed by atoms with Crippen molar-refractivity contribution in [3.63, 3.8) is 0 Å². The number of hydrogen-bond donors (Lipinski definition) is 0. The summed E-state index contributed by atoms with van der Waals surface area (Å²) in [4.78, 5) is 0. The van der Waals surface area contributed by atoms with Gasteiger partial charge in [-0.05, 0) is 19.1 Å². The van der Waals surface area contributed by atoms with Crippen LogP contribution in [0, 0.1) is 6.92 Å². The van der Waals surface area contributed by atoms with Gasteiger partial charge in [0, 0.05) is 15.6 Å². The van der Waals surface area contributed by atoms with E-state index in [2.05, 4.69) is 21.1 Å². The fraction of sp³-hybridized carbons (Fsp3) is 0.100. The van der Waals surface area contributed by atoms with Gasteiger partial charge in [0.1, 0.15) is 0 Å². The molecule has 66 valence electrons. The Kier molecular flexibility index (Phi) is 2.19. The summed E-state index contributed by atoms with van der Waals surface area (Å²) in [6.07, 6.45) is 1.72. The molecule has 3 heteroatoms. The number of hydrogen-bond acceptors (Lipinski definition) is 2. The molecule has 0 aliphatic heterocycles. The van der Waals surface area contributed by atoms with Crippen LogP contribution < -0.4 is 0 Å². The third-order valence-corrected chi connectivity index (χ3v) is 2.38. The Morgan fingerprint density at radius 2 is 1.92 bits per heavy atom. The van der Waals surface area contributed by atoms with Crippen LogP contribution in [0.1, 0.15) is 5.56 Å². The van der Waals surface area contributed by atoms with Gasteiger partial charge in [0.05, 0.1) is 6.20 Å². The highest BCUT2D eigenvalue weighted by Crippen LogP contribution is 2.24. The molecule has 0 N–H and O–H groups in total. The van der Waals surface area contributed by atoms with Crippen LogP contribution in [0.5, 0.6) is 0 Å². The molecule has 0 aliphatic carbocycles. The molecule has 13 heavy (non-hydrogen) atoms. The number of rotatable bonds is 1. The maximum atomic E-state index is 5.12. The molecule has 0 unspecified atom stereocenters. The van der Waals surface area contributed by atoms with E-state index in [0.717, 1.165) is 21.4 Å². The Balaban J connectivity index is 2.47. The Bertz CT molecular complexity index is 405. The zero-order valence-corrected chi connectivity index (χ0v) is 8.71. The summed E-state index contributed by atoms with van der Waals surface area (Å²) < 4.78 is 6.19. The number of halogens is 1. The Morgan fingerprint density at radius 3 is 2.46 bits per heavy atom. The van der Waals surface area contributed by atoms with Gasteiger partial charge in [-0.25, -0.2) is 0 Å². The second-order valence-corrected chi connectivity index (χ2v) is 3.76. The van der Waals surface area contributed by atoms with E-state index in [1.807, 2.05) is 31.2 Å². The average molecular weight is 238 g/mol. The predicted molar refractivity (Wildman–Crippen MR) is 54.4 cm³/mol. The minimum atomic E-state index is 0.840. The molecule has 0 amide bonds. The number of nitrogens with zero attached hydrogens (tertiary/aromatic N) is 1. The molecule has 2 rings (SSSR count). The van der Waals surface area contributed by atoms with Gasteiger partial charge >= 0.3 is 0 Å². The average Bonchev–Trinajstić information content (AvgIpc) is 2.53. The van der Waals surface area contributed by atoms with Crippen molar-refractivity contribution in [2.24, 2.45) is 0 Å². The van der Waals surface area contributed by atoms with Crippen LogP contribution in [0.4, 0.5) is 0 Å². The van der Waals surface area contributed by atoms with E-state index in [9.17, 15) is 0 Å². The number of aromatic nitrogens is 1. The van der Waals surface area contributed by atoms with Gasteiger partial charge < -0.3 is 4.52 Å². The Labute approximate surface area is 84.7 Å². The van der Waals surface area contributed by atoms with Gasteiger partial charge in [-0.2, -0.15) is 0 Å². The molecule has 2 aromatic rings. The maximum Gasteiger partial charge on any atom is 0.169 e. The molecule has 0 atom stereocenters. The third kappa shape index (κ3) is 1.65. The highest BCUT2D eigenvalue weighted by molar-refractivity contribution is 9.10. The third-order valence-electron chi connectivity index (χ3n) is 1.85. The van der Waals surface area contributed by atoms with Crippen LogP contribution >= 0.6 is 15.9 Å². The summed E-state index contributed by atoms with van der Waals surface area (Å²) in [5, 5.41) is 3.73. The lowest BCUT2D eigenvalue weighted by Gasteiger charge is -1.96. The van der Waals surface area contributed by atoms with Crippen LogP contribution in [0.25, 0.3) is 11.3 Å². The van der Waals surface area contributed by atoms with E-state index in [0.29, 0.717) is 0 Å². The molecule has 0 bridgehead atoms. The van der Waals surface area contributed by atoms with Gasteiger partial charge in [-0.3, -0.25) is 0 Å². The van der Waals surface area contributed by atoms with Crippen molar-refractivity contribution < 1.29 is 4.52 Å². The predicted octanol–water partition coefficient (Wildman–Crippen LogP) is 3.41. The summed E-state index contributed by atoms with van der Waals surface area (Å²) in [5.41, 5.74) is 2.11. The van der Waals surface area contributed by atoms with E-state index in [-0.39, 0.29) is 0 Å². The molecule has 0 fully saturated rings. The normalized spacial score (nSPS) is 10.3. The lowest BCUT2D eigenvalue weighted by atomic mass is 10.1. The van der Waals surface area contributed by atoms with Crippen molar-refractivity contribution in [3.05, 3.63) is 40.5 Å². The van der Waals surface area contributed by atoms with E-state index in [1.165, 1.54) is 0 Å². The van der Waals surface area contributed by atoms with Crippen molar-refractivity contribution in [1.29, 1.82) is 0 Å². The monoisotopic (exact) mass is 237 g/mol. The summed E-state index contributed by atoms with van der Waals surface area (Å²) in [5.74, 6) is 0.840. The molecule has 1 aromatic carbocycles. The molecule has 1 aromatic heterocycles. The van der Waals surface area contributed by atoms with Crippen LogP contribution in [-0.4, -0.2) is 5.16 Å². The lowest BCUT2D eigenvalue weighted by molar-refractivity contribution is 0.432. The first-order valence-corrected chi connectivity index (χ1v) is 4.74. The minimum absolute atomic E-state index is 0.840. The zero-order chi connectivity index (χ0) is 9.26. The van der Waals surface area contributed by atoms with Gasteiger partial charge in [0.15, 0.2) is 5.76 Å². The summed E-state index contributed by atoms with van der Waals surface area (Å²) >= 11 is 3.38. The topological polar surface area (TPSA) is 26.0 Å². The summed E-state index contributed by atoms with van der Waals surface area (Å²) in [7, 11) is 0. The SMILES string of the molecule is Cc1cnoc1-c1ccc(Br)cc1. The quantitative estimate of drug-likeness (QED) is 0.760. The van der Waals surface area contributed by atoms with Crippen LogP contribution in [-0.2, 0) is 0 Å². The summed E-state index contributed by atoms with van der Waals surface area (Å²) in [6.45, 7) is 1.98. The van der Waals surface area contributed by atoms with E-state index >= 15 is 0 Å². The lowest BCUT2D eigenvalue weighted by Crippen LogP contribution is -1.76. The molecule has 0 saturated heterocycles. The standard InChI is InChI=1S/C10H8BrNO/c1-7-6-12-13-10(7)8-2-4-9(11)5-3-8/h2-6H,1H3. The Morgan fingerprint density at radius 1 is 1.23 bits per heavy atom. The smallest absolute Gasteiger partial charge is 0.169 e. The van der Waals surface area contributed by atoms with E-state index in [1.54, 1.807) is 6.20 Å². The molecular formula is C10H8BrNO. The highest BCUT2D eigenvalue weighted by Gasteiger charge is 2.05.